The van der Waals surface area contributed by atoms with Crippen LogP contribution in [0.4, 0.5) is 14.4 Å². The predicted molar refractivity (Wildman–Crippen MR) is 138 cm³/mol. The van der Waals surface area contributed by atoms with Crippen molar-refractivity contribution < 1.29 is 26.0 Å². The van der Waals surface area contributed by atoms with Gasteiger partial charge in [0.05, 0.1) is 0 Å². The van der Waals surface area contributed by atoms with E-state index in [0.717, 1.165) is 17.2 Å². The van der Waals surface area contributed by atoms with Crippen LogP contribution in [0.15, 0.2) is 71.8 Å². The number of benzene rings is 3. The maximum absolute atomic E-state index is 13.0. The number of amides is 1. The Bertz CT molecular complexity index is 1470. The summed E-state index contributed by atoms with van der Waals surface area (Å²) in [4.78, 5) is 19.2. The first-order valence-electron chi connectivity index (χ1n) is 12.0. The molecule has 1 heterocycles. The molecular formula is C26H24FN5O5S. The Labute approximate surface area is 219 Å². The van der Waals surface area contributed by atoms with E-state index in [1.54, 1.807) is 11.0 Å². The number of hydrogen-bond acceptors (Lipinski definition) is 7. The molecule has 3 aromatic carbocycles. The molecule has 5 rings (SSSR count). The van der Waals surface area contributed by atoms with Gasteiger partial charge in [-0.05, 0) is 51.5 Å². The van der Waals surface area contributed by atoms with Gasteiger partial charge in [-0.25, -0.2) is 4.79 Å². The summed E-state index contributed by atoms with van der Waals surface area (Å²) in [6, 6.07) is 20.4. The molecule has 1 fully saturated rings. The number of halogens is 1. The Morgan fingerprint density at radius 1 is 1.00 bits per heavy atom. The average Bonchev–Trinajstić information content (AvgIpc) is 3.20. The Balaban J connectivity index is 1.18. The van der Waals surface area contributed by atoms with Crippen LogP contribution in [0.3, 0.4) is 0 Å². The van der Waals surface area contributed by atoms with Crippen LogP contribution in [0.25, 0.3) is 21.6 Å². The molecule has 0 spiro atoms. The Morgan fingerprint density at radius 2 is 1.63 bits per heavy atom. The van der Waals surface area contributed by atoms with Gasteiger partial charge >= 0.3 is 16.6 Å². The van der Waals surface area contributed by atoms with Crippen LogP contribution >= 0.6 is 0 Å². The van der Waals surface area contributed by atoms with Gasteiger partial charge in [0.2, 0.25) is 0 Å². The van der Waals surface area contributed by atoms with Crippen molar-refractivity contribution in [3.8, 4) is 16.9 Å². The van der Waals surface area contributed by atoms with E-state index in [0.29, 0.717) is 38.3 Å². The molecule has 12 heteroatoms. The maximum atomic E-state index is 13.0. The van der Waals surface area contributed by atoms with Crippen LogP contribution in [-0.4, -0.2) is 57.1 Å². The lowest BCUT2D eigenvalue weighted by Crippen LogP contribution is -2.48. The van der Waals surface area contributed by atoms with Crippen molar-refractivity contribution in [2.45, 2.75) is 12.5 Å². The number of rotatable bonds is 7. The van der Waals surface area contributed by atoms with Crippen LogP contribution in [0.2, 0.25) is 0 Å². The molecule has 196 valence electrons. The lowest BCUT2D eigenvalue weighted by Gasteiger charge is -2.34. The van der Waals surface area contributed by atoms with Crippen LogP contribution in [0.5, 0.6) is 5.75 Å². The van der Waals surface area contributed by atoms with Gasteiger partial charge in [0.1, 0.15) is 12.4 Å². The minimum atomic E-state index is -5.23. The number of carbonyl (C=O) groups excluding carboxylic acids is 1. The molecule has 0 aromatic heterocycles. The SMILES string of the molecule is [N-]=[N+]=Nc1cc(CN2CCN(C(=O)OCC3c4ccccc4-c4ccccc43)CC2)cc(OS(=O)(=O)F)c1. The summed E-state index contributed by atoms with van der Waals surface area (Å²) in [5.41, 5.74) is 14.0. The molecular weight excluding hydrogens is 513 g/mol. The molecule has 38 heavy (non-hydrogen) atoms. The molecule has 0 unspecified atom stereocenters. The highest BCUT2D eigenvalue weighted by molar-refractivity contribution is 7.81. The van der Waals surface area contributed by atoms with Crippen molar-refractivity contribution in [1.82, 2.24) is 9.80 Å². The van der Waals surface area contributed by atoms with E-state index < -0.39 is 10.5 Å². The first-order chi connectivity index (χ1) is 18.3. The number of carbonyl (C=O) groups is 1. The van der Waals surface area contributed by atoms with E-state index in [9.17, 15) is 17.1 Å². The third kappa shape index (κ3) is 5.72. The largest absolute Gasteiger partial charge is 0.488 e. The third-order valence-electron chi connectivity index (χ3n) is 6.68. The second-order valence-corrected chi connectivity index (χ2v) is 10.0. The quantitative estimate of drug-likeness (QED) is 0.175. The monoisotopic (exact) mass is 537 g/mol. The van der Waals surface area contributed by atoms with Crippen molar-refractivity contribution in [3.63, 3.8) is 0 Å². The summed E-state index contributed by atoms with van der Waals surface area (Å²) in [6.07, 6.45) is -0.374. The molecule has 0 atom stereocenters. The minimum absolute atomic E-state index is 0.0134. The number of piperazine rings is 1. The summed E-state index contributed by atoms with van der Waals surface area (Å²) in [7, 11) is -5.23. The van der Waals surface area contributed by atoms with Crippen molar-refractivity contribution in [1.29, 1.82) is 0 Å². The highest BCUT2D eigenvalue weighted by Crippen LogP contribution is 2.44. The zero-order chi connectivity index (χ0) is 26.7. The topological polar surface area (TPSA) is 125 Å². The smallest absolute Gasteiger partial charge is 0.448 e. The molecule has 0 radical (unpaired) electrons. The summed E-state index contributed by atoms with van der Waals surface area (Å²) < 4.78 is 44.8. The summed E-state index contributed by atoms with van der Waals surface area (Å²) in [5.74, 6) is -0.301. The lowest BCUT2D eigenvalue weighted by atomic mass is 9.98. The molecule has 1 aliphatic carbocycles. The highest BCUT2D eigenvalue weighted by Gasteiger charge is 2.30. The second kappa shape index (κ2) is 10.7. The third-order valence-corrected chi connectivity index (χ3v) is 7.07. The first-order valence-corrected chi connectivity index (χ1v) is 13.3. The Hall–Kier alpha value is -4.12. The fourth-order valence-corrected chi connectivity index (χ4v) is 5.37. The predicted octanol–water partition coefficient (Wildman–Crippen LogP) is 5.29. The molecule has 2 aliphatic rings. The van der Waals surface area contributed by atoms with Crippen molar-refractivity contribution >= 4 is 22.3 Å². The van der Waals surface area contributed by atoms with Crippen molar-refractivity contribution in [2.75, 3.05) is 32.8 Å². The summed E-state index contributed by atoms with van der Waals surface area (Å²) in [6.45, 7) is 2.56. The fourth-order valence-electron chi connectivity index (χ4n) is 5.04. The number of ether oxygens (including phenoxy) is 1. The van der Waals surface area contributed by atoms with E-state index in [-0.39, 0.29) is 30.1 Å². The van der Waals surface area contributed by atoms with Crippen LogP contribution in [0, 0.1) is 0 Å². The van der Waals surface area contributed by atoms with Gasteiger partial charge in [-0.15, -0.1) is 0 Å². The fraction of sp³-hybridized carbons (Fsp3) is 0.269. The standard InChI is InChI=1S/C26H24FN5O5S/c27-38(34,35)37-20-14-18(13-19(15-20)29-30-28)16-31-9-11-32(12-10-31)26(33)36-17-25-23-7-3-1-5-21(23)22-6-2-4-8-24(22)25/h1-8,13-15,25H,9-12,16-17H2. The Morgan fingerprint density at radius 3 is 2.24 bits per heavy atom. The lowest BCUT2D eigenvalue weighted by molar-refractivity contribution is 0.0728. The average molecular weight is 538 g/mol. The molecule has 1 saturated heterocycles. The van der Waals surface area contributed by atoms with Gasteiger partial charge in [0.25, 0.3) is 0 Å². The minimum Gasteiger partial charge on any atom is -0.448 e. The first kappa shape index (κ1) is 25.5. The van der Waals surface area contributed by atoms with Crippen molar-refractivity contribution in [3.05, 3.63) is 93.9 Å². The van der Waals surface area contributed by atoms with Crippen LogP contribution in [-0.2, 0) is 21.8 Å². The van der Waals surface area contributed by atoms with Crippen LogP contribution in [0.1, 0.15) is 22.6 Å². The summed E-state index contributed by atoms with van der Waals surface area (Å²) >= 11 is 0. The van der Waals surface area contributed by atoms with Gasteiger partial charge in [0.15, 0.2) is 0 Å². The zero-order valence-corrected chi connectivity index (χ0v) is 21.1. The summed E-state index contributed by atoms with van der Waals surface area (Å²) in [5, 5.41) is 3.46. The van der Waals surface area contributed by atoms with Crippen molar-refractivity contribution in [2.24, 2.45) is 5.11 Å². The molecule has 0 saturated carbocycles. The molecule has 1 amide bonds. The van der Waals surface area contributed by atoms with E-state index in [2.05, 4.69) is 38.5 Å². The zero-order valence-electron chi connectivity index (χ0n) is 20.2. The van der Waals surface area contributed by atoms with E-state index >= 15 is 0 Å². The van der Waals surface area contributed by atoms with E-state index in [1.165, 1.54) is 17.2 Å². The number of azide groups is 1. The molecule has 3 aromatic rings. The highest BCUT2D eigenvalue weighted by atomic mass is 32.3. The Kier molecular flexibility index (Phi) is 7.19. The van der Waals surface area contributed by atoms with Gasteiger partial charge in [0, 0.05) is 49.2 Å². The number of nitrogens with zero attached hydrogens (tertiary/aromatic N) is 5. The normalized spacial score (nSPS) is 15.3. The van der Waals surface area contributed by atoms with Gasteiger partial charge in [-0.2, -0.15) is 8.42 Å². The molecule has 0 bridgehead atoms. The molecule has 0 N–H and O–H groups in total. The number of hydrogen-bond donors (Lipinski definition) is 0. The van der Waals surface area contributed by atoms with Gasteiger partial charge < -0.3 is 13.8 Å². The van der Waals surface area contributed by atoms with Gasteiger partial charge in [-0.1, -0.05) is 57.5 Å². The van der Waals surface area contributed by atoms with E-state index in [4.69, 9.17) is 10.3 Å². The number of fused-ring (bicyclic) bond motifs is 3. The van der Waals surface area contributed by atoms with Crippen LogP contribution < -0.4 is 4.18 Å². The second-order valence-electron chi connectivity index (χ2n) is 9.07. The molecule has 1 aliphatic heterocycles. The van der Waals surface area contributed by atoms with Gasteiger partial charge in [-0.3, -0.25) is 4.90 Å². The molecule has 10 nitrogen and oxygen atoms in total. The maximum Gasteiger partial charge on any atom is 0.488 e. The van der Waals surface area contributed by atoms with E-state index in [1.807, 2.05) is 29.2 Å².